The van der Waals surface area contributed by atoms with Crippen molar-refractivity contribution in [1.82, 2.24) is 5.32 Å². The predicted octanol–water partition coefficient (Wildman–Crippen LogP) is 5.63. The van der Waals surface area contributed by atoms with Crippen molar-refractivity contribution >= 4 is 17.5 Å². The van der Waals surface area contributed by atoms with Crippen molar-refractivity contribution in [3.8, 4) is 17.2 Å². The summed E-state index contributed by atoms with van der Waals surface area (Å²) in [5.74, 6) is -0.524. The second-order valence-electron chi connectivity index (χ2n) is 9.57. The first-order valence-electron chi connectivity index (χ1n) is 12.7. The number of amides is 2. The third-order valence-electron chi connectivity index (χ3n) is 6.88. The fourth-order valence-electron chi connectivity index (χ4n) is 4.96. The van der Waals surface area contributed by atoms with Gasteiger partial charge in [-0.3, -0.25) is 14.5 Å². The molecule has 3 aromatic rings. The number of carbonyl (C=O) groups is 2. The Morgan fingerprint density at radius 3 is 2.31 bits per heavy atom. The monoisotopic (exact) mass is 540 g/mol. The molecule has 2 amide bonds. The van der Waals surface area contributed by atoms with Gasteiger partial charge in [-0.15, -0.1) is 0 Å². The molecular weight excluding hydrogens is 513 g/mol. The number of hydrogen-bond acceptors (Lipinski definition) is 5. The number of phenolic OH excluding ortho intramolecular Hbond substituents is 1. The van der Waals surface area contributed by atoms with Crippen molar-refractivity contribution in [2.45, 2.75) is 43.9 Å². The summed E-state index contributed by atoms with van der Waals surface area (Å²) in [5.41, 5.74) is -0.634. The molecule has 3 aromatic carbocycles. The van der Waals surface area contributed by atoms with Gasteiger partial charge >= 0.3 is 6.18 Å². The molecule has 0 unspecified atom stereocenters. The molecule has 39 heavy (non-hydrogen) atoms. The van der Waals surface area contributed by atoms with E-state index in [9.17, 15) is 27.9 Å². The highest BCUT2D eigenvalue weighted by Crippen LogP contribution is 2.37. The molecule has 0 bridgehead atoms. The summed E-state index contributed by atoms with van der Waals surface area (Å²) in [7, 11) is 0. The molecule has 0 saturated heterocycles. The average Bonchev–Trinajstić information content (AvgIpc) is 3.44. The van der Waals surface area contributed by atoms with E-state index in [4.69, 9.17) is 9.47 Å². The maximum Gasteiger partial charge on any atom is 0.416 e. The van der Waals surface area contributed by atoms with Gasteiger partial charge in [-0.05, 0) is 66.9 Å². The van der Waals surface area contributed by atoms with Gasteiger partial charge in [-0.25, -0.2) is 0 Å². The summed E-state index contributed by atoms with van der Waals surface area (Å²) >= 11 is 0. The van der Waals surface area contributed by atoms with Crippen molar-refractivity contribution in [3.05, 3.63) is 83.4 Å². The molecule has 0 aromatic heterocycles. The van der Waals surface area contributed by atoms with Crippen molar-refractivity contribution in [3.63, 3.8) is 0 Å². The highest BCUT2D eigenvalue weighted by molar-refractivity contribution is 6.10. The molecule has 5 rings (SSSR count). The van der Waals surface area contributed by atoms with Gasteiger partial charge in [-0.1, -0.05) is 31.0 Å². The Hall–Kier alpha value is -4.21. The number of carbonyl (C=O) groups excluding carboxylic acids is 2. The highest BCUT2D eigenvalue weighted by atomic mass is 19.4. The zero-order chi connectivity index (χ0) is 27.6. The molecule has 7 nitrogen and oxygen atoms in total. The van der Waals surface area contributed by atoms with Crippen LogP contribution in [0.2, 0.25) is 0 Å². The van der Waals surface area contributed by atoms with Crippen molar-refractivity contribution in [1.29, 1.82) is 0 Å². The Morgan fingerprint density at radius 2 is 1.62 bits per heavy atom. The van der Waals surface area contributed by atoms with Crippen LogP contribution in [0.3, 0.4) is 0 Å². The smallest absolute Gasteiger partial charge is 0.416 e. The van der Waals surface area contributed by atoms with Crippen LogP contribution in [0.4, 0.5) is 18.9 Å². The first-order valence-corrected chi connectivity index (χ1v) is 12.7. The number of anilines is 1. The Labute approximate surface area is 223 Å². The second kappa shape index (κ2) is 10.9. The van der Waals surface area contributed by atoms with Crippen LogP contribution in [-0.4, -0.2) is 36.2 Å². The van der Waals surface area contributed by atoms with Crippen LogP contribution in [0.15, 0.2) is 66.7 Å². The number of phenols is 1. The molecule has 1 aliphatic carbocycles. The van der Waals surface area contributed by atoms with Crippen molar-refractivity contribution in [2.24, 2.45) is 0 Å². The molecule has 0 radical (unpaired) electrons. The molecule has 1 saturated carbocycles. The number of aromatic hydroxyl groups is 1. The van der Waals surface area contributed by atoms with E-state index in [2.05, 4.69) is 5.32 Å². The standard InChI is InChI=1S/C29H27F3N2O5/c30-29(31,32)20-4-3-7-22(17-20)34(28(37)19-10-13-24-25(16-19)39-15-14-38-24)26(18-8-11-23(35)12-9-18)27(36)33-21-5-1-2-6-21/h3-4,7-13,16-17,21,26,35H,1-2,5-6,14-15H2,(H,33,36)/t26-/m0/s1. The normalized spacial score (nSPS) is 16.0. The lowest BCUT2D eigenvalue weighted by Crippen LogP contribution is -2.46. The topological polar surface area (TPSA) is 88.1 Å². The van der Waals surface area contributed by atoms with Crippen LogP contribution in [-0.2, 0) is 11.0 Å². The van der Waals surface area contributed by atoms with E-state index in [-0.39, 0.29) is 29.6 Å². The van der Waals surface area contributed by atoms with E-state index in [1.807, 2.05) is 0 Å². The lowest BCUT2D eigenvalue weighted by Gasteiger charge is -2.33. The van der Waals surface area contributed by atoms with E-state index in [1.54, 1.807) is 6.07 Å². The Balaban J connectivity index is 1.64. The van der Waals surface area contributed by atoms with Crippen LogP contribution >= 0.6 is 0 Å². The Morgan fingerprint density at radius 1 is 0.923 bits per heavy atom. The van der Waals surface area contributed by atoms with Gasteiger partial charge in [0, 0.05) is 17.3 Å². The van der Waals surface area contributed by atoms with Crippen LogP contribution in [0.5, 0.6) is 17.2 Å². The number of hydrogen-bond donors (Lipinski definition) is 2. The first kappa shape index (κ1) is 26.4. The number of benzene rings is 3. The predicted molar refractivity (Wildman–Crippen MR) is 137 cm³/mol. The first-order chi connectivity index (χ1) is 18.7. The minimum absolute atomic E-state index is 0.0579. The number of rotatable bonds is 6. The molecule has 2 aliphatic rings. The Kier molecular flexibility index (Phi) is 7.36. The van der Waals surface area contributed by atoms with E-state index in [0.29, 0.717) is 23.7 Å². The van der Waals surface area contributed by atoms with Gasteiger partial charge < -0.3 is 19.9 Å². The number of nitrogens with zero attached hydrogens (tertiary/aromatic N) is 1. The summed E-state index contributed by atoms with van der Waals surface area (Å²) in [5, 5.41) is 12.8. The summed E-state index contributed by atoms with van der Waals surface area (Å²) in [6, 6.07) is 13.1. The lowest BCUT2D eigenvalue weighted by molar-refractivity contribution is -0.137. The minimum atomic E-state index is -4.66. The van der Waals surface area contributed by atoms with Gasteiger partial charge in [-0.2, -0.15) is 13.2 Å². The maximum atomic E-state index is 14.1. The largest absolute Gasteiger partial charge is 0.508 e. The number of fused-ring (bicyclic) bond motifs is 1. The minimum Gasteiger partial charge on any atom is -0.508 e. The molecule has 1 heterocycles. The van der Waals surface area contributed by atoms with Gasteiger partial charge in [0.05, 0.1) is 5.56 Å². The average molecular weight is 541 g/mol. The molecule has 0 spiro atoms. The molecule has 2 N–H and O–H groups in total. The van der Waals surface area contributed by atoms with Gasteiger partial charge in [0.1, 0.15) is 25.0 Å². The Bertz CT molecular complexity index is 1350. The molecule has 1 atom stereocenters. The third kappa shape index (κ3) is 5.79. The van der Waals surface area contributed by atoms with Crippen molar-refractivity contribution < 1.29 is 37.3 Å². The second-order valence-corrected chi connectivity index (χ2v) is 9.57. The summed E-state index contributed by atoms with van der Waals surface area (Å²) in [6.45, 7) is 0.628. The van der Waals surface area contributed by atoms with Crippen LogP contribution in [0.25, 0.3) is 0 Å². The van der Waals surface area contributed by atoms with E-state index in [1.165, 1.54) is 48.5 Å². The molecule has 1 fully saturated rings. The zero-order valence-electron chi connectivity index (χ0n) is 20.9. The zero-order valence-corrected chi connectivity index (χ0v) is 20.9. The summed E-state index contributed by atoms with van der Waals surface area (Å²) in [4.78, 5) is 29.0. The number of alkyl halides is 3. The van der Waals surface area contributed by atoms with E-state index >= 15 is 0 Å². The van der Waals surface area contributed by atoms with Crippen LogP contribution in [0, 0.1) is 0 Å². The van der Waals surface area contributed by atoms with E-state index < -0.39 is 29.6 Å². The highest BCUT2D eigenvalue weighted by Gasteiger charge is 2.37. The number of nitrogens with one attached hydrogen (secondary N) is 1. The van der Waals surface area contributed by atoms with E-state index in [0.717, 1.165) is 42.7 Å². The van der Waals surface area contributed by atoms with Crippen LogP contribution in [0.1, 0.15) is 53.2 Å². The quantitative estimate of drug-likeness (QED) is 0.423. The fourth-order valence-corrected chi connectivity index (χ4v) is 4.96. The molecule has 10 heteroatoms. The molecule has 1 aliphatic heterocycles. The van der Waals surface area contributed by atoms with Crippen LogP contribution < -0.4 is 19.7 Å². The molecule has 204 valence electrons. The molecular formula is C29H27F3N2O5. The van der Waals surface area contributed by atoms with Crippen molar-refractivity contribution in [2.75, 3.05) is 18.1 Å². The van der Waals surface area contributed by atoms with Gasteiger partial charge in [0.15, 0.2) is 11.5 Å². The number of halogens is 3. The van der Waals surface area contributed by atoms with Gasteiger partial charge in [0.25, 0.3) is 5.91 Å². The summed E-state index contributed by atoms with van der Waals surface area (Å²) in [6.07, 6.45) is -1.23. The van der Waals surface area contributed by atoms with Gasteiger partial charge in [0.2, 0.25) is 5.91 Å². The lowest BCUT2D eigenvalue weighted by atomic mass is 10.00. The third-order valence-corrected chi connectivity index (χ3v) is 6.88. The summed E-state index contributed by atoms with van der Waals surface area (Å²) < 4.78 is 52.2. The SMILES string of the molecule is O=C(NC1CCCC1)[C@H](c1ccc(O)cc1)N(C(=O)c1ccc2c(c1)OCCO2)c1cccc(C(F)(F)F)c1. The fraction of sp³-hybridized carbons (Fsp3) is 0.310. The number of ether oxygens (including phenoxy) is 2. The maximum absolute atomic E-state index is 14.1.